The van der Waals surface area contributed by atoms with E-state index in [4.69, 9.17) is 0 Å². The molecule has 0 saturated carbocycles. The molecule has 0 saturated heterocycles. The van der Waals surface area contributed by atoms with E-state index >= 15 is 0 Å². The highest BCUT2D eigenvalue weighted by Gasteiger charge is 2.24. The summed E-state index contributed by atoms with van der Waals surface area (Å²) < 4.78 is 0. The summed E-state index contributed by atoms with van der Waals surface area (Å²) in [5.74, 6) is 0. The van der Waals surface area contributed by atoms with Gasteiger partial charge >= 0.3 is 0 Å². The normalized spacial score (nSPS) is 10.7. The van der Waals surface area contributed by atoms with Gasteiger partial charge in [-0.1, -0.05) is 170 Å². The Morgan fingerprint density at radius 1 is 0.222 bits per heavy atom. The summed E-state index contributed by atoms with van der Waals surface area (Å²) in [6.07, 6.45) is 0. The molecule has 0 heterocycles. The zero-order chi connectivity index (χ0) is 24.4. The second-order valence-electron chi connectivity index (χ2n) is 8.27. The molecule has 0 N–H and O–H groups in total. The molecule has 174 valence electrons. The summed E-state index contributed by atoms with van der Waals surface area (Å²) >= 11 is 0. The fourth-order valence-corrected chi connectivity index (χ4v) is 9.53. The second kappa shape index (κ2) is 12.4. The lowest BCUT2D eigenvalue weighted by Crippen LogP contribution is -2.33. The van der Waals surface area contributed by atoms with Crippen molar-refractivity contribution in [1.82, 2.24) is 0 Å². The maximum Gasteiger partial charge on any atom is -0.00675 e. The van der Waals surface area contributed by atoms with E-state index < -0.39 is 15.8 Å². The molecule has 0 fully saturated rings. The van der Waals surface area contributed by atoms with Gasteiger partial charge in [0.1, 0.15) is 0 Å². The van der Waals surface area contributed by atoms with Crippen LogP contribution in [0.25, 0.3) is 0 Å². The van der Waals surface area contributed by atoms with Crippen molar-refractivity contribution in [3.63, 3.8) is 0 Å². The molecule has 0 amide bonds. The third-order valence-electron chi connectivity index (χ3n) is 5.87. The molecular weight excluding hydrogens is 470 g/mol. The summed E-state index contributed by atoms with van der Waals surface area (Å²) in [5.41, 5.74) is 0. The molecule has 5 aromatic rings. The number of benzene rings is 4. The van der Waals surface area contributed by atoms with Crippen LogP contribution in [0.15, 0.2) is 170 Å². The largest absolute Gasteiger partial charge is 0.0623 e. The van der Waals surface area contributed by atoms with Gasteiger partial charge in [-0.05, 0) is 47.7 Å². The molecule has 0 radical (unpaired) electrons. The molecule has 0 aliphatic carbocycles. The summed E-state index contributed by atoms with van der Waals surface area (Å²) in [6, 6.07) is 61.5. The molecule has 0 atom stereocenters. The average molecular weight is 499 g/mol. The molecule has 0 bridgehead atoms. The van der Waals surface area contributed by atoms with Crippen molar-refractivity contribution in [2.45, 2.75) is 0 Å². The van der Waals surface area contributed by atoms with Gasteiger partial charge in [-0.15, -0.1) is 0 Å². The molecule has 0 unspecified atom stereocenters. The lowest BCUT2D eigenvalue weighted by Gasteiger charge is -2.26. The molecule has 0 spiro atoms. The molecule has 2 heteroatoms. The Balaban J connectivity index is 1.85. The van der Waals surface area contributed by atoms with E-state index in [9.17, 15) is 0 Å². The highest BCUT2D eigenvalue weighted by Crippen LogP contribution is 2.38. The Morgan fingerprint density at radius 2 is 0.417 bits per heavy atom. The first-order chi connectivity index (χ1) is 17.9. The van der Waals surface area contributed by atoms with Crippen molar-refractivity contribution in [3.8, 4) is 0 Å². The maximum absolute atomic E-state index is 2.35. The van der Waals surface area contributed by atoms with Gasteiger partial charge < -0.3 is 0 Å². The molecule has 0 aliphatic rings. The van der Waals surface area contributed by atoms with E-state index in [-0.39, 0.29) is 0 Å². The lowest BCUT2D eigenvalue weighted by molar-refractivity contribution is 1.74. The first-order valence-electron chi connectivity index (χ1n) is 12.1. The van der Waals surface area contributed by atoms with Crippen LogP contribution in [0.4, 0.5) is 0 Å². The van der Waals surface area contributed by atoms with E-state index in [0.717, 1.165) is 0 Å². The Hall–Kier alpha value is -3.56. The summed E-state index contributed by atoms with van der Waals surface area (Å²) in [4.78, 5) is 0. The van der Waals surface area contributed by atoms with Crippen LogP contribution in [-0.4, -0.2) is 0 Å². The van der Waals surface area contributed by atoms with E-state index in [2.05, 4.69) is 170 Å². The highest BCUT2D eigenvalue weighted by molar-refractivity contribution is 7.85. The number of hydrogen-bond acceptors (Lipinski definition) is 0. The van der Waals surface area contributed by atoms with Gasteiger partial charge in [-0.3, -0.25) is 0 Å². The zero-order valence-electron chi connectivity index (χ0n) is 20.1. The smallest absolute Gasteiger partial charge is 0.00675 e. The predicted octanol–water partition coefficient (Wildman–Crippen LogP) is 6.33. The van der Waals surface area contributed by atoms with Crippen molar-refractivity contribution < 1.29 is 0 Å². The first-order valence-corrected chi connectivity index (χ1v) is 14.8. The topological polar surface area (TPSA) is 0 Å². The SMILES string of the molecule is c1ccccc(P(c2ccccc2)c2ccccc2)c(P(c2ccccc2)c2ccccc2)ccc1. The number of hydrogen-bond donors (Lipinski definition) is 0. The van der Waals surface area contributed by atoms with Gasteiger partial charge in [0.25, 0.3) is 0 Å². The standard InChI is InChI=1S/C34H28P2/c1-2-4-18-28-34(36(31-23-13-7-14-24-31)32-25-15-8-16-26-32)33(27-17-3-1)35(29-19-9-5-10-20-29)30-21-11-6-12-22-30/h1-28H. The van der Waals surface area contributed by atoms with Crippen LogP contribution in [0.1, 0.15) is 0 Å². The van der Waals surface area contributed by atoms with Gasteiger partial charge in [0.15, 0.2) is 0 Å². The molecule has 0 nitrogen and oxygen atoms in total. The van der Waals surface area contributed by atoms with Crippen LogP contribution in [0.3, 0.4) is 0 Å². The van der Waals surface area contributed by atoms with Crippen molar-refractivity contribution in [1.29, 1.82) is 0 Å². The van der Waals surface area contributed by atoms with Crippen molar-refractivity contribution in [3.05, 3.63) is 170 Å². The summed E-state index contributed by atoms with van der Waals surface area (Å²) in [6.45, 7) is 0. The Bertz CT molecular complexity index is 1230. The fraction of sp³-hybridized carbons (Fsp3) is 0. The number of rotatable bonds is 6. The van der Waals surface area contributed by atoms with E-state index in [1.54, 1.807) is 0 Å². The zero-order valence-corrected chi connectivity index (χ0v) is 21.8. The molecule has 5 aromatic carbocycles. The third-order valence-corrected chi connectivity index (χ3v) is 11.0. The average Bonchev–Trinajstić information content (AvgIpc) is 2.95. The van der Waals surface area contributed by atoms with Crippen LogP contribution in [-0.2, 0) is 0 Å². The highest BCUT2D eigenvalue weighted by atomic mass is 31.1. The van der Waals surface area contributed by atoms with Gasteiger partial charge in [0.2, 0.25) is 0 Å². The Morgan fingerprint density at radius 3 is 0.694 bits per heavy atom. The van der Waals surface area contributed by atoms with Crippen LogP contribution in [0.5, 0.6) is 0 Å². The molecule has 0 aromatic heterocycles. The monoisotopic (exact) mass is 498 g/mol. The molecule has 5 rings (SSSR count). The van der Waals surface area contributed by atoms with E-state index in [0.29, 0.717) is 0 Å². The lowest BCUT2D eigenvalue weighted by atomic mass is 10.3. The fourth-order valence-electron chi connectivity index (χ4n) is 4.26. The van der Waals surface area contributed by atoms with Gasteiger partial charge in [0, 0.05) is 0 Å². The van der Waals surface area contributed by atoms with Gasteiger partial charge in [0.05, 0.1) is 0 Å². The third kappa shape index (κ3) is 5.80. The molecular formula is C34H28P2. The van der Waals surface area contributed by atoms with Gasteiger partial charge in [-0.2, -0.15) is 0 Å². The van der Waals surface area contributed by atoms with Crippen LogP contribution >= 0.6 is 15.8 Å². The quantitative estimate of drug-likeness (QED) is 0.240. The minimum absolute atomic E-state index is 0.771. The Labute approximate surface area is 217 Å². The maximum atomic E-state index is 2.35. The predicted molar refractivity (Wildman–Crippen MR) is 161 cm³/mol. The van der Waals surface area contributed by atoms with Crippen LogP contribution in [0, 0.1) is 0 Å². The van der Waals surface area contributed by atoms with Crippen LogP contribution < -0.4 is 31.8 Å². The van der Waals surface area contributed by atoms with Gasteiger partial charge in [-0.25, -0.2) is 0 Å². The van der Waals surface area contributed by atoms with E-state index in [1.807, 2.05) is 0 Å². The minimum atomic E-state index is -0.771. The molecule has 0 aliphatic heterocycles. The molecule has 36 heavy (non-hydrogen) atoms. The van der Waals surface area contributed by atoms with Crippen LogP contribution in [0.2, 0.25) is 0 Å². The second-order valence-corrected chi connectivity index (χ2v) is 12.6. The van der Waals surface area contributed by atoms with E-state index in [1.165, 1.54) is 31.8 Å². The summed E-state index contributed by atoms with van der Waals surface area (Å²) in [7, 11) is -1.54. The van der Waals surface area contributed by atoms with Crippen molar-refractivity contribution >= 4 is 47.7 Å². The minimum Gasteiger partial charge on any atom is -0.0623 e. The first kappa shape index (κ1) is 24.1. The van der Waals surface area contributed by atoms with Crippen molar-refractivity contribution in [2.75, 3.05) is 0 Å². The Kier molecular flexibility index (Phi) is 8.33. The van der Waals surface area contributed by atoms with Crippen molar-refractivity contribution in [2.24, 2.45) is 0 Å². The summed E-state index contributed by atoms with van der Waals surface area (Å²) in [5, 5.41) is 8.21.